The third kappa shape index (κ3) is 6.43. The number of carboxylic acids is 1. The van der Waals surface area contributed by atoms with E-state index in [1.54, 1.807) is 13.8 Å². The Morgan fingerprint density at radius 1 is 1.12 bits per heavy atom. The van der Waals surface area contributed by atoms with Crippen LogP contribution < -0.4 is 34.7 Å². The first-order valence-corrected chi connectivity index (χ1v) is 8.37. The molecule has 1 rings (SSSR count). The number of benzene rings is 1. The summed E-state index contributed by atoms with van der Waals surface area (Å²) in [6.45, 7) is 15.9. The second kappa shape index (κ2) is 8.70. The van der Waals surface area contributed by atoms with Gasteiger partial charge in [0, 0.05) is 6.21 Å². The van der Waals surface area contributed by atoms with Crippen LogP contribution in [-0.2, 0) is 15.6 Å². The van der Waals surface area contributed by atoms with E-state index in [4.69, 9.17) is 0 Å². The van der Waals surface area contributed by atoms with Crippen LogP contribution in [-0.4, -0.2) is 23.3 Å². The fraction of sp³-hybridized carbons (Fsp3) is 0.600. The number of carbonyl (C=O) groups is 1. The van der Waals surface area contributed by atoms with Crippen molar-refractivity contribution >= 4 is 12.2 Å². The molecule has 1 aromatic carbocycles. The number of hydrogen-bond donors (Lipinski definition) is 1. The van der Waals surface area contributed by atoms with Crippen molar-refractivity contribution in [1.29, 1.82) is 0 Å². The van der Waals surface area contributed by atoms with Gasteiger partial charge in [0.05, 0.1) is 0 Å². The van der Waals surface area contributed by atoms with Gasteiger partial charge in [0.15, 0.2) is 0 Å². The van der Waals surface area contributed by atoms with Crippen molar-refractivity contribution < 1.29 is 44.6 Å². The third-order valence-corrected chi connectivity index (χ3v) is 4.05. The van der Waals surface area contributed by atoms with Crippen LogP contribution in [0.4, 0.5) is 0 Å². The molecule has 5 heteroatoms. The quantitative estimate of drug-likeness (QED) is 0.644. The monoisotopic (exact) mass is 355 g/mol. The van der Waals surface area contributed by atoms with Crippen molar-refractivity contribution in [2.45, 2.75) is 72.3 Å². The van der Waals surface area contributed by atoms with E-state index < -0.39 is 12.0 Å². The van der Waals surface area contributed by atoms with Crippen molar-refractivity contribution in [3.05, 3.63) is 28.8 Å². The van der Waals surface area contributed by atoms with Crippen molar-refractivity contribution in [3.8, 4) is 5.75 Å². The normalized spacial score (nSPS) is 13.8. The summed E-state index contributed by atoms with van der Waals surface area (Å²) in [5.41, 5.74) is 1.84. The molecule has 0 aliphatic rings. The molecule has 0 radical (unpaired) electrons. The van der Waals surface area contributed by atoms with E-state index in [0.29, 0.717) is 5.56 Å². The van der Waals surface area contributed by atoms with Crippen LogP contribution in [0, 0.1) is 5.92 Å². The van der Waals surface area contributed by atoms with Gasteiger partial charge in [-0.3, -0.25) is 4.99 Å². The van der Waals surface area contributed by atoms with E-state index in [9.17, 15) is 15.0 Å². The van der Waals surface area contributed by atoms with Gasteiger partial charge in [0.1, 0.15) is 6.04 Å². The summed E-state index contributed by atoms with van der Waals surface area (Å²) in [4.78, 5) is 15.5. The van der Waals surface area contributed by atoms with Crippen LogP contribution in [0.15, 0.2) is 17.1 Å². The summed E-state index contributed by atoms with van der Waals surface area (Å²) in [7, 11) is 0. The van der Waals surface area contributed by atoms with E-state index in [-0.39, 0.29) is 52.1 Å². The maximum atomic E-state index is 12.8. The van der Waals surface area contributed by atoms with Crippen LogP contribution in [0.3, 0.4) is 0 Å². The van der Waals surface area contributed by atoms with E-state index in [2.05, 4.69) is 25.8 Å². The maximum Gasteiger partial charge on any atom is 1.00 e. The van der Waals surface area contributed by atoms with Crippen LogP contribution in [0.2, 0.25) is 0 Å². The Labute approximate surface area is 174 Å². The SMILES string of the molecule is CC(C)[C@H](N=Cc1cc(C(C)(C)C)cc(C(C)(C)C)c1[O-])C(=O)O.[Na+]. The van der Waals surface area contributed by atoms with Crippen LogP contribution >= 0.6 is 0 Å². The Morgan fingerprint density at radius 3 is 2.00 bits per heavy atom. The minimum Gasteiger partial charge on any atom is -0.872 e. The second-order valence-electron chi connectivity index (χ2n) is 8.75. The molecule has 0 amide bonds. The molecule has 25 heavy (non-hydrogen) atoms. The predicted octanol–water partition coefficient (Wildman–Crippen LogP) is 0.887. The zero-order chi connectivity index (χ0) is 18.9. The Hall–Kier alpha value is -0.840. The minimum atomic E-state index is -0.975. The molecule has 134 valence electrons. The molecule has 0 unspecified atom stereocenters. The Balaban J connectivity index is 0.00000576. The predicted molar refractivity (Wildman–Crippen MR) is 97.1 cm³/mol. The first-order valence-electron chi connectivity index (χ1n) is 8.37. The molecule has 1 aromatic rings. The van der Waals surface area contributed by atoms with Crippen LogP contribution in [0.25, 0.3) is 0 Å². The third-order valence-electron chi connectivity index (χ3n) is 4.05. The fourth-order valence-electron chi connectivity index (χ4n) is 2.42. The van der Waals surface area contributed by atoms with Crippen molar-refractivity contribution in [3.63, 3.8) is 0 Å². The molecule has 4 nitrogen and oxygen atoms in total. The molecule has 1 N–H and O–H groups in total. The van der Waals surface area contributed by atoms with Crippen molar-refractivity contribution in [1.82, 2.24) is 0 Å². The molecule has 0 fully saturated rings. The maximum absolute atomic E-state index is 12.8. The van der Waals surface area contributed by atoms with Gasteiger partial charge in [-0.1, -0.05) is 73.3 Å². The molecule has 0 heterocycles. The van der Waals surface area contributed by atoms with Gasteiger partial charge < -0.3 is 10.2 Å². The van der Waals surface area contributed by atoms with E-state index >= 15 is 0 Å². The van der Waals surface area contributed by atoms with Gasteiger partial charge in [-0.05, 0) is 33.4 Å². The van der Waals surface area contributed by atoms with Gasteiger partial charge in [-0.2, -0.15) is 0 Å². The number of carboxylic acid groups (broad SMARTS) is 1. The summed E-state index contributed by atoms with van der Waals surface area (Å²) >= 11 is 0. The summed E-state index contributed by atoms with van der Waals surface area (Å²) in [5.74, 6) is -1.19. The average Bonchev–Trinajstić information content (AvgIpc) is 2.37. The standard InChI is InChI=1S/C20H31NO3.Na/c1-12(2)16(18(23)24)21-11-13-9-14(19(3,4)5)10-15(17(13)22)20(6,7)8;/h9-12,16,22H,1-8H3,(H,23,24);/q;+1/p-1/t16-;/m0./s1. The van der Waals surface area contributed by atoms with Gasteiger partial charge in [0.25, 0.3) is 0 Å². The smallest absolute Gasteiger partial charge is 0.872 e. The Morgan fingerprint density at radius 2 is 1.64 bits per heavy atom. The topological polar surface area (TPSA) is 72.7 Å². The van der Waals surface area contributed by atoms with Gasteiger partial charge in [-0.15, -0.1) is 0 Å². The summed E-state index contributed by atoms with van der Waals surface area (Å²) in [5, 5.41) is 22.1. The molecule has 0 aliphatic heterocycles. The Bertz CT molecular complexity index is 638. The molecular weight excluding hydrogens is 325 g/mol. The molecule has 0 saturated carbocycles. The van der Waals surface area contributed by atoms with Gasteiger partial charge >= 0.3 is 35.5 Å². The number of nitrogens with zero attached hydrogens (tertiary/aromatic N) is 1. The van der Waals surface area contributed by atoms with Crippen LogP contribution in [0.1, 0.15) is 72.1 Å². The number of aliphatic carboxylic acids is 1. The van der Waals surface area contributed by atoms with E-state index in [0.717, 1.165) is 11.1 Å². The summed E-state index contributed by atoms with van der Waals surface area (Å²) < 4.78 is 0. The molecule has 0 aliphatic carbocycles. The van der Waals surface area contributed by atoms with Crippen molar-refractivity contribution in [2.24, 2.45) is 10.9 Å². The fourth-order valence-corrected chi connectivity index (χ4v) is 2.42. The minimum absolute atomic E-state index is 0. The van der Waals surface area contributed by atoms with E-state index in [1.165, 1.54) is 6.21 Å². The second-order valence-corrected chi connectivity index (χ2v) is 8.75. The number of aliphatic imine (C=N–C) groups is 1. The first kappa shape index (κ1) is 24.2. The zero-order valence-electron chi connectivity index (χ0n) is 17.1. The van der Waals surface area contributed by atoms with Gasteiger partial charge in [0.2, 0.25) is 0 Å². The molecule has 0 bridgehead atoms. The Kier molecular flexibility index (Phi) is 8.41. The molecular formula is C20H30NNaO3. The summed E-state index contributed by atoms with van der Waals surface area (Å²) in [6.07, 6.45) is 1.44. The summed E-state index contributed by atoms with van der Waals surface area (Å²) in [6, 6.07) is 2.96. The van der Waals surface area contributed by atoms with E-state index in [1.807, 2.05) is 32.9 Å². The molecule has 1 atom stereocenters. The molecule has 0 spiro atoms. The van der Waals surface area contributed by atoms with Crippen LogP contribution in [0.5, 0.6) is 5.75 Å². The van der Waals surface area contributed by atoms with Gasteiger partial charge in [-0.25, -0.2) is 4.79 Å². The number of hydrogen-bond acceptors (Lipinski definition) is 3. The first-order chi connectivity index (χ1) is 10.7. The zero-order valence-corrected chi connectivity index (χ0v) is 19.1. The molecule has 0 aromatic heterocycles. The largest absolute Gasteiger partial charge is 1.00 e. The average molecular weight is 355 g/mol. The number of rotatable bonds is 4. The molecule has 0 saturated heterocycles. The van der Waals surface area contributed by atoms with Crippen molar-refractivity contribution in [2.75, 3.05) is 0 Å².